The Labute approximate surface area is 164 Å². The third kappa shape index (κ3) is 5.51. The largest absolute Gasteiger partial charge is 0.490 e. The van der Waals surface area contributed by atoms with Crippen LogP contribution in [0.15, 0.2) is 29.0 Å². The van der Waals surface area contributed by atoms with E-state index in [1.807, 2.05) is 25.4 Å². The number of nitrogens with zero attached hydrogens (tertiary/aromatic N) is 4. The van der Waals surface area contributed by atoms with Gasteiger partial charge in [-0.1, -0.05) is 11.2 Å². The van der Waals surface area contributed by atoms with Crippen molar-refractivity contribution in [2.75, 3.05) is 6.54 Å². The van der Waals surface area contributed by atoms with E-state index in [-0.39, 0.29) is 12.2 Å². The number of pyridine rings is 1. The summed E-state index contributed by atoms with van der Waals surface area (Å²) in [7, 11) is 0. The van der Waals surface area contributed by atoms with Crippen LogP contribution in [0, 0.1) is 6.92 Å². The number of ether oxygens (including phenoxy) is 1. The highest BCUT2D eigenvalue weighted by molar-refractivity contribution is 5.73. The standard InChI is InChI=1S/C16H20N4O2.C2HF3O2/c1-11-18-16(22-19-11)15-5-4-13-14(21-15)6-8-20(13)10-12-3-2-7-17-9-12;3-2(4,5)1(6)7/h2-3,7,9,13-15H,4-6,8,10H2,1H3;(H,6,7)/t13-,14-,15-;/m1./s1. The fraction of sp³-hybridized carbons (Fsp3) is 0.556. The average Bonchev–Trinajstić information content (AvgIpc) is 3.28. The van der Waals surface area contributed by atoms with Crippen LogP contribution in [0.3, 0.4) is 0 Å². The molecule has 2 fully saturated rings. The van der Waals surface area contributed by atoms with E-state index in [1.165, 1.54) is 5.56 Å². The van der Waals surface area contributed by atoms with Crippen LogP contribution >= 0.6 is 0 Å². The lowest BCUT2D eigenvalue weighted by molar-refractivity contribution is -0.192. The van der Waals surface area contributed by atoms with Gasteiger partial charge in [-0.3, -0.25) is 9.88 Å². The molecule has 4 heterocycles. The molecular weight excluding hydrogens is 393 g/mol. The lowest BCUT2D eigenvalue weighted by atomic mass is 9.99. The number of hydrogen-bond acceptors (Lipinski definition) is 7. The highest BCUT2D eigenvalue weighted by Crippen LogP contribution is 2.37. The zero-order chi connectivity index (χ0) is 21.0. The zero-order valence-electron chi connectivity index (χ0n) is 15.7. The molecule has 2 aliphatic heterocycles. The Kier molecular flexibility index (Phi) is 6.48. The molecule has 158 valence electrons. The molecule has 0 aliphatic carbocycles. The van der Waals surface area contributed by atoms with Crippen LogP contribution < -0.4 is 0 Å². The number of carbonyl (C=O) groups is 1. The van der Waals surface area contributed by atoms with E-state index in [0.717, 1.165) is 32.4 Å². The van der Waals surface area contributed by atoms with Crippen molar-refractivity contribution >= 4 is 5.97 Å². The van der Waals surface area contributed by atoms with E-state index >= 15 is 0 Å². The molecule has 4 rings (SSSR count). The van der Waals surface area contributed by atoms with E-state index in [9.17, 15) is 13.2 Å². The van der Waals surface area contributed by atoms with E-state index in [4.69, 9.17) is 19.2 Å². The number of aliphatic carboxylic acids is 1. The number of likely N-dealkylation sites (tertiary alicyclic amines) is 1. The van der Waals surface area contributed by atoms with Gasteiger partial charge in [-0.2, -0.15) is 18.2 Å². The normalized spacial score (nSPS) is 24.5. The fourth-order valence-electron chi connectivity index (χ4n) is 3.56. The van der Waals surface area contributed by atoms with Crippen LogP contribution in [0.1, 0.15) is 42.6 Å². The molecule has 0 saturated carbocycles. The smallest absolute Gasteiger partial charge is 0.475 e. The molecule has 1 N–H and O–H groups in total. The maximum Gasteiger partial charge on any atom is 0.490 e. The van der Waals surface area contributed by atoms with Gasteiger partial charge in [0.2, 0.25) is 0 Å². The SMILES string of the molecule is Cc1noc([C@H]2CC[C@@H]3[C@@H](CCN3Cc3cccnc3)O2)n1.O=C(O)C(F)(F)F. The van der Waals surface area contributed by atoms with Gasteiger partial charge in [-0.25, -0.2) is 4.79 Å². The number of fused-ring (bicyclic) bond motifs is 1. The van der Waals surface area contributed by atoms with Gasteiger partial charge in [-0.15, -0.1) is 0 Å². The Balaban J connectivity index is 0.000000298. The summed E-state index contributed by atoms with van der Waals surface area (Å²) in [4.78, 5) is 19.9. The first kappa shape index (κ1) is 21.2. The molecule has 2 aromatic heterocycles. The Morgan fingerprint density at radius 2 is 2.10 bits per heavy atom. The lowest BCUT2D eigenvalue weighted by Gasteiger charge is -2.34. The number of carboxylic acid groups (broad SMARTS) is 1. The predicted molar refractivity (Wildman–Crippen MR) is 92.6 cm³/mol. The molecule has 0 spiro atoms. The van der Waals surface area contributed by atoms with Crippen molar-refractivity contribution in [3.8, 4) is 0 Å². The Morgan fingerprint density at radius 3 is 2.69 bits per heavy atom. The number of aromatic nitrogens is 3. The Morgan fingerprint density at radius 1 is 1.34 bits per heavy atom. The first-order valence-corrected chi connectivity index (χ1v) is 9.12. The molecule has 11 heteroatoms. The molecule has 0 unspecified atom stereocenters. The predicted octanol–water partition coefficient (Wildman–Crippen LogP) is 2.90. The molecular formula is C18H21F3N4O4. The summed E-state index contributed by atoms with van der Waals surface area (Å²) in [6.07, 6.45) is 2.01. The molecule has 0 aromatic carbocycles. The van der Waals surface area contributed by atoms with Crippen molar-refractivity contribution < 1.29 is 32.3 Å². The van der Waals surface area contributed by atoms with Crippen LogP contribution in [0.2, 0.25) is 0 Å². The molecule has 3 atom stereocenters. The zero-order valence-corrected chi connectivity index (χ0v) is 15.7. The van der Waals surface area contributed by atoms with Crippen LogP contribution in [0.4, 0.5) is 13.2 Å². The maximum atomic E-state index is 10.6. The van der Waals surface area contributed by atoms with Gasteiger partial charge in [0.25, 0.3) is 5.89 Å². The second kappa shape index (κ2) is 8.87. The van der Waals surface area contributed by atoms with Crippen LogP contribution in [0.25, 0.3) is 0 Å². The van der Waals surface area contributed by atoms with Crippen molar-refractivity contribution in [3.63, 3.8) is 0 Å². The molecule has 2 aliphatic rings. The van der Waals surface area contributed by atoms with Gasteiger partial charge in [0, 0.05) is 31.5 Å². The monoisotopic (exact) mass is 414 g/mol. The minimum absolute atomic E-state index is 0.0409. The molecule has 0 bridgehead atoms. The minimum Gasteiger partial charge on any atom is -0.475 e. The summed E-state index contributed by atoms with van der Waals surface area (Å²) in [6, 6.07) is 4.61. The maximum absolute atomic E-state index is 10.6. The van der Waals surface area contributed by atoms with Crippen LogP contribution in [-0.2, 0) is 16.1 Å². The van der Waals surface area contributed by atoms with Gasteiger partial charge in [-0.05, 0) is 37.8 Å². The summed E-state index contributed by atoms with van der Waals surface area (Å²) < 4.78 is 43.2. The molecule has 0 radical (unpaired) electrons. The van der Waals surface area contributed by atoms with E-state index < -0.39 is 12.1 Å². The number of alkyl halides is 3. The fourth-order valence-corrected chi connectivity index (χ4v) is 3.56. The summed E-state index contributed by atoms with van der Waals surface area (Å²) in [5.41, 5.74) is 1.26. The van der Waals surface area contributed by atoms with E-state index in [2.05, 4.69) is 26.1 Å². The average molecular weight is 414 g/mol. The van der Waals surface area contributed by atoms with Gasteiger partial charge < -0.3 is 14.4 Å². The third-order valence-corrected chi connectivity index (χ3v) is 4.83. The van der Waals surface area contributed by atoms with Crippen molar-refractivity contribution in [1.82, 2.24) is 20.0 Å². The van der Waals surface area contributed by atoms with Crippen molar-refractivity contribution in [2.24, 2.45) is 0 Å². The van der Waals surface area contributed by atoms with Gasteiger partial charge >= 0.3 is 12.1 Å². The van der Waals surface area contributed by atoms with Crippen molar-refractivity contribution in [2.45, 2.75) is 57.2 Å². The number of aryl methyl sites for hydroxylation is 1. The van der Waals surface area contributed by atoms with Crippen molar-refractivity contribution in [1.29, 1.82) is 0 Å². The first-order valence-electron chi connectivity index (χ1n) is 9.12. The van der Waals surface area contributed by atoms with Gasteiger partial charge in [0.15, 0.2) is 5.82 Å². The second-order valence-corrected chi connectivity index (χ2v) is 6.91. The van der Waals surface area contributed by atoms with Crippen molar-refractivity contribution in [3.05, 3.63) is 41.8 Å². The quantitative estimate of drug-likeness (QED) is 0.818. The van der Waals surface area contributed by atoms with Gasteiger partial charge in [0.1, 0.15) is 6.10 Å². The highest BCUT2D eigenvalue weighted by Gasteiger charge is 2.41. The van der Waals surface area contributed by atoms with Crippen LogP contribution in [0.5, 0.6) is 0 Å². The first-order chi connectivity index (χ1) is 13.7. The van der Waals surface area contributed by atoms with E-state index in [0.29, 0.717) is 17.8 Å². The van der Waals surface area contributed by atoms with Gasteiger partial charge in [0.05, 0.1) is 6.10 Å². The van der Waals surface area contributed by atoms with E-state index in [1.54, 1.807) is 0 Å². The Bertz CT molecular complexity index is 815. The number of rotatable bonds is 3. The number of carboxylic acids is 1. The summed E-state index contributed by atoms with van der Waals surface area (Å²) in [5, 5.41) is 11.0. The summed E-state index contributed by atoms with van der Waals surface area (Å²) >= 11 is 0. The molecule has 2 saturated heterocycles. The Hall–Kier alpha value is -2.53. The molecule has 8 nitrogen and oxygen atoms in total. The lowest BCUT2D eigenvalue weighted by Crippen LogP contribution is -2.40. The molecule has 29 heavy (non-hydrogen) atoms. The molecule has 0 amide bonds. The number of hydrogen-bond donors (Lipinski definition) is 1. The number of halogens is 3. The summed E-state index contributed by atoms with van der Waals surface area (Å²) in [6.45, 7) is 3.85. The minimum atomic E-state index is -5.08. The highest BCUT2D eigenvalue weighted by atomic mass is 19.4. The summed E-state index contributed by atoms with van der Waals surface area (Å²) in [5.74, 6) is -1.46. The molecule has 2 aromatic rings. The van der Waals surface area contributed by atoms with Crippen LogP contribution in [-0.4, -0.2) is 56.0 Å². The topological polar surface area (TPSA) is 102 Å². The second-order valence-electron chi connectivity index (χ2n) is 6.91. The third-order valence-electron chi connectivity index (χ3n) is 4.83.